The lowest BCUT2D eigenvalue weighted by Crippen LogP contribution is -2.47. The Kier molecular flexibility index (Phi) is 6.66. The number of carbonyl (C=O) groups is 1. The number of methoxy groups -OCH3 is 2. The van der Waals surface area contributed by atoms with Crippen LogP contribution in [0.5, 0.6) is 11.5 Å². The molecule has 0 bridgehead atoms. The Balaban J connectivity index is 2.10. The van der Waals surface area contributed by atoms with Crippen LogP contribution in [0.2, 0.25) is 0 Å². The fraction of sp³-hybridized carbons (Fsp3) is 0.588. The molecule has 1 aromatic carbocycles. The number of amides is 1. The van der Waals surface area contributed by atoms with Crippen molar-refractivity contribution in [1.82, 2.24) is 9.62 Å². The first-order valence-electron chi connectivity index (χ1n) is 8.44. The van der Waals surface area contributed by atoms with Crippen molar-refractivity contribution in [2.45, 2.75) is 43.5 Å². The van der Waals surface area contributed by atoms with Gasteiger partial charge in [0.05, 0.1) is 20.8 Å². The van der Waals surface area contributed by atoms with Gasteiger partial charge in [-0.1, -0.05) is 6.92 Å². The summed E-state index contributed by atoms with van der Waals surface area (Å²) in [6.45, 7) is 2.47. The van der Waals surface area contributed by atoms with Gasteiger partial charge in [-0.05, 0) is 37.8 Å². The summed E-state index contributed by atoms with van der Waals surface area (Å²) in [5.41, 5.74) is 0. The van der Waals surface area contributed by atoms with Crippen LogP contribution in [0.3, 0.4) is 0 Å². The van der Waals surface area contributed by atoms with Crippen molar-refractivity contribution < 1.29 is 22.7 Å². The predicted octanol–water partition coefficient (Wildman–Crippen LogP) is 1.77. The van der Waals surface area contributed by atoms with Gasteiger partial charge in [0.1, 0.15) is 16.4 Å². The third kappa shape index (κ3) is 4.64. The van der Waals surface area contributed by atoms with Crippen LogP contribution in [-0.4, -0.2) is 52.6 Å². The molecule has 0 aliphatic carbocycles. The van der Waals surface area contributed by atoms with Gasteiger partial charge in [0.15, 0.2) is 0 Å². The highest BCUT2D eigenvalue weighted by Gasteiger charge is 2.27. The number of benzene rings is 1. The molecule has 1 aromatic rings. The molecule has 1 heterocycles. The molecule has 0 aromatic heterocycles. The standard InChI is InChI=1S/C17H26N2O5S/c1-4-13-7-5-6-10-19(13)17(20)12-18-25(21,22)16-9-8-14(23-2)11-15(16)24-3/h8-9,11,13,18H,4-7,10,12H2,1-3H3. The third-order valence-corrected chi connectivity index (χ3v) is 5.93. The van der Waals surface area contributed by atoms with E-state index in [1.807, 2.05) is 6.92 Å². The van der Waals surface area contributed by atoms with E-state index < -0.39 is 10.0 Å². The molecule has 1 aliphatic rings. The molecule has 1 unspecified atom stereocenters. The zero-order chi connectivity index (χ0) is 18.4. The van der Waals surface area contributed by atoms with Gasteiger partial charge in [-0.3, -0.25) is 4.79 Å². The summed E-state index contributed by atoms with van der Waals surface area (Å²) >= 11 is 0. The van der Waals surface area contributed by atoms with Crippen molar-refractivity contribution in [3.63, 3.8) is 0 Å². The molecule has 0 spiro atoms. The first-order chi connectivity index (χ1) is 11.9. The van der Waals surface area contributed by atoms with Crippen molar-refractivity contribution in [3.8, 4) is 11.5 Å². The van der Waals surface area contributed by atoms with E-state index in [9.17, 15) is 13.2 Å². The van der Waals surface area contributed by atoms with Gasteiger partial charge in [-0.15, -0.1) is 0 Å². The Hall–Kier alpha value is -1.80. The second-order valence-corrected chi connectivity index (χ2v) is 7.72. The lowest BCUT2D eigenvalue weighted by atomic mass is 10.00. The Bertz CT molecular complexity index is 705. The highest BCUT2D eigenvalue weighted by atomic mass is 32.2. The molecule has 2 rings (SSSR count). The lowest BCUT2D eigenvalue weighted by molar-refractivity contribution is -0.133. The zero-order valence-electron chi connectivity index (χ0n) is 14.9. The topological polar surface area (TPSA) is 84.9 Å². The molecule has 1 saturated heterocycles. The molecule has 140 valence electrons. The molecule has 0 saturated carbocycles. The molecule has 7 nitrogen and oxygen atoms in total. The monoisotopic (exact) mass is 370 g/mol. The molecular formula is C17H26N2O5S. The fourth-order valence-electron chi connectivity index (χ4n) is 3.09. The minimum Gasteiger partial charge on any atom is -0.497 e. The number of ether oxygens (including phenoxy) is 2. The van der Waals surface area contributed by atoms with Crippen molar-refractivity contribution in [2.24, 2.45) is 0 Å². The number of nitrogens with one attached hydrogen (secondary N) is 1. The predicted molar refractivity (Wildman–Crippen MR) is 94.4 cm³/mol. The molecule has 1 N–H and O–H groups in total. The maximum atomic E-state index is 12.5. The summed E-state index contributed by atoms with van der Waals surface area (Å²) in [7, 11) is -0.988. The van der Waals surface area contributed by atoms with Gasteiger partial charge in [0.25, 0.3) is 0 Å². The number of rotatable bonds is 7. The molecule has 1 amide bonds. The molecule has 0 radical (unpaired) electrons. The fourth-order valence-corrected chi connectivity index (χ4v) is 4.21. The van der Waals surface area contributed by atoms with Gasteiger partial charge in [-0.25, -0.2) is 13.1 Å². The molecule has 1 aliphatic heterocycles. The minimum absolute atomic E-state index is 0.0192. The van der Waals surface area contributed by atoms with Crippen LogP contribution in [-0.2, 0) is 14.8 Å². The van der Waals surface area contributed by atoms with E-state index in [-0.39, 0.29) is 29.1 Å². The molecular weight excluding hydrogens is 344 g/mol. The summed E-state index contributed by atoms with van der Waals surface area (Å²) in [4.78, 5) is 14.2. The van der Waals surface area contributed by atoms with Gasteiger partial charge in [0, 0.05) is 18.7 Å². The first kappa shape index (κ1) is 19.5. The molecule has 1 atom stereocenters. The van der Waals surface area contributed by atoms with Crippen LogP contribution in [0.25, 0.3) is 0 Å². The van der Waals surface area contributed by atoms with Crippen LogP contribution in [0.4, 0.5) is 0 Å². The Labute approximate surface area is 149 Å². The second kappa shape index (κ2) is 8.53. The average molecular weight is 370 g/mol. The molecule has 1 fully saturated rings. The van der Waals surface area contributed by atoms with Crippen LogP contribution < -0.4 is 14.2 Å². The van der Waals surface area contributed by atoms with E-state index in [2.05, 4.69) is 4.72 Å². The van der Waals surface area contributed by atoms with E-state index >= 15 is 0 Å². The number of nitrogens with zero attached hydrogens (tertiary/aromatic N) is 1. The normalized spacial score (nSPS) is 18.0. The number of likely N-dealkylation sites (tertiary alicyclic amines) is 1. The Morgan fingerprint density at radius 3 is 2.68 bits per heavy atom. The minimum atomic E-state index is -3.86. The number of hydrogen-bond acceptors (Lipinski definition) is 5. The Morgan fingerprint density at radius 2 is 2.04 bits per heavy atom. The second-order valence-electron chi connectivity index (χ2n) is 5.99. The maximum Gasteiger partial charge on any atom is 0.244 e. The lowest BCUT2D eigenvalue weighted by Gasteiger charge is -2.35. The van der Waals surface area contributed by atoms with E-state index in [1.165, 1.54) is 32.4 Å². The zero-order valence-corrected chi connectivity index (χ0v) is 15.8. The van der Waals surface area contributed by atoms with Crippen LogP contribution >= 0.6 is 0 Å². The quantitative estimate of drug-likeness (QED) is 0.791. The summed E-state index contributed by atoms with van der Waals surface area (Å²) in [5.74, 6) is 0.470. The smallest absolute Gasteiger partial charge is 0.244 e. The largest absolute Gasteiger partial charge is 0.497 e. The van der Waals surface area contributed by atoms with Crippen LogP contribution in [0, 0.1) is 0 Å². The summed E-state index contributed by atoms with van der Waals surface area (Å²) in [6, 6.07) is 4.63. The maximum absolute atomic E-state index is 12.5. The van der Waals surface area contributed by atoms with E-state index in [0.29, 0.717) is 12.3 Å². The van der Waals surface area contributed by atoms with E-state index in [1.54, 1.807) is 4.90 Å². The van der Waals surface area contributed by atoms with Crippen molar-refractivity contribution in [2.75, 3.05) is 27.3 Å². The summed E-state index contributed by atoms with van der Waals surface area (Å²) in [5, 5.41) is 0. The molecule has 8 heteroatoms. The summed E-state index contributed by atoms with van der Waals surface area (Å²) in [6.07, 6.45) is 3.92. The van der Waals surface area contributed by atoms with Gasteiger partial charge < -0.3 is 14.4 Å². The SMILES string of the molecule is CCC1CCCCN1C(=O)CNS(=O)(=O)c1ccc(OC)cc1OC. The van der Waals surface area contributed by atoms with Crippen molar-refractivity contribution in [1.29, 1.82) is 0 Å². The van der Waals surface area contributed by atoms with E-state index in [0.717, 1.165) is 25.7 Å². The molecule has 25 heavy (non-hydrogen) atoms. The summed E-state index contributed by atoms with van der Waals surface area (Å²) < 4.78 is 37.7. The number of sulfonamides is 1. The van der Waals surface area contributed by atoms with Crippen molar-refractivity contribution >= 4 is 15.9 Å². The number of hydrogen-bond donors (Lipinski definition) is 1. The first-order valence-corrected chi connectivity index (χ1v) is 9.92. The van der Waals surface area contributed by atoms with Crippen LogP contribution in [0.15, 0.2) is 23.1 Å². The van der Waals surface area contributed by atoms with Gasteiger partial charge in [0.2, 0.25) is 15.9 Å². The Morgan fingerprint density at radius 1 is 1.28 bits per heavy atom. The van der Waals surface area contributed by atoms with Crippen LogP contribution in [0.1, 0.15) is 32.6 Å². The van der Waals surface area contributed by atoms with Gasteiger partial charge >= 0.3 is 0 Å². The van der Waals surface area contributed by atoms with Gasteiger partial charge in [-0.2, -0.15) is 0 Å². The highest BCUT2D eigenvalue weighted by Crippen LogP contribution is 2.28. The van der Waals surface area contributed by atoms with E-state index in [4.69, 9.17) is 9.47 Å². The van der Waals surface area contributed by atoms with Crippen molar-refractivity contribution in [3.05, 3.63) is 18.2 Å². The number of carbonyl (C=O) groups excluding carboxylic acids is 1. The highest BCUT2D eigenvalue weighted by molar-refractivity contribution is 7.89. The average Bonchev–Trinajstić information content (AvgIpc) is 2.65. The third-order valence-electron chi connectivity index (χ3n) is 4.49. The number of piperidine rings is 1.